The SMILES string of the molecule is CC(C)(O)CN1CCN(C(=O)CCOCC(F)F)CC1. The third-order valence-corrected chi connectivity index (χ3v) is 3.04. The van der Waals surface area contributed by atoms with Gasteiger partial charge >= 0.3 is 0 Å². The quantitative estimate of drug-likeness (QED) is 0.698. The van der Waals surface area contributed by atoms with Gasteiger partial charge in [0.2, 0.25) is 5.91 Å². The highest BCUT2D eigenvalue weighted by atomic mass is 19.3. The van der Waals surface area contributed by atoms with Crippen LogP contribution >= 0.6 is 0 Å². The summed E-state index contributed by atoms with van der Waals surface area (Å²) in [6.45, 7) is 6.14. The van der Waals surface area contributed by atoms with Crippen LogP contribution in [0, 0.1) is 0 Å². The fourth-order valence-electron chi connectivity index (χ4n) is 2.19. The lowest BCUT2D eigenvalue weighted by Crippen LogP contribution is -2.52. The lowest BCUT2D eigenvalue weighted by atomic mass is 10.1. The van der Waals surface area contributed by atoms with Crippen molar-refractivity contribution in [3.8, 4) is 0 Å². The van der Waals surface area contributed by atoms with E-state index in [4.69, 9.17) is 4.74 Å². The Hall–Kier alpha value is -0.790. The predicted molar refractivity (Wildman–Crippen MR) is 70.8 cm³/mol. The maximum absolute atomic E-state index is 11.8. The molecule has 1 amide bonds. The highest BCUT2D eigenvalue weighted by Crippen LogP contribution is 2.09. The number of carbonyl (C=O) groups is 1. The summed E-state index contributed by atoms with van der Waals surface area (Å²) in [6, 6.07) is 0. The zero-order valence-corrected chi connectivity index (χ0v) is 12.1. The molecule has 1 rings (SSSR count). The summed E-state index contributed by atoms with van der Waals surface area (Å²) in [5.74, 6) is -0.0674. The van der Waals surface area contributed by atoms with Gasteiger partial charge in [0.15, 0.2) is 0 Å². The second-order valence-electron chi connectivity index (χ2n) is 5.69. The Morgan fingerprint density at radius 1 is 1.30 bits per heavy atom. The molecule has 0 bridgehead atoms. The molecule has 1 fully saturated rings. The number of piperazine rings is 1. The van der Waals surface area contributed by atoms with Gasteiger partial charge in [-0.2, -0.15) is 0 Å². The van der Waals surface area contributed by atoms with Gasteiger partial charge in [0.05, 0.1) is 18.6 Å². The van der Waals surface area contributed by atoms with Crippen LogP contribution in [-0.4, -0.2) is 78.8 Å². The maximum Gasteiger partial charge on any atom is 0.261 e. The molecule has 0 radical (unpaired) electrons. The zero-order chi connectivity index (χ0) is 15.2. The van der Waals surface area contributed by atoms with Crippen LogP contribution in [0.15, 0.2) is 0 Å². The van der Waals surface area contributed by atoms with Gasteiger partial charge in [-0.1, -0.05) is 0 Å². The molecule has 0 atom stereocenters. The summed E-state index contributed by atoms with van der Waals surface area (Å²) in [4.78, 5) is 15.6. The van der Waals surface area contributed by atoms with E-state index in [1.807, 2.05) is 0 Å². The number of hydrogen-bond donors (Lipinski definition) is 1. The molecule has 5 nitrogen and oxygen atoms in total. The van der Waals surface area contributed by atoms with Gasteiger partial charge in [-0.3, -0.25) is 9.69 Å². The van der Waals surface area contributed by atoms with Crippen LogP contribution in [0.1, 0.15) is 20.3 Å². The number of alkyl halides is 2. The maximum atomic E-state index is 11.8. The molecule has 0 aliphatic carbocycles. The number of carbonyl (C=O) groups excluding carboxylic acids is 1. The third kappa shape index (κ3) is 7.12. The standard InChI is InChI=1S/C13H24F2N2O3/c1-13(2,19)10-16-4-6-17(7-5-16)12(18)3-8-20-9-11(14)15/h11,19H,3-10H2,1-2H3. The molecule has 1 saturated heterocycles. The highest BCUT2D eigenvalue weighted by Gasteiger charge is 2.24. The van der Waals surface area contributed by atoms with Crippen molar-refractivity contribution in [2.75, 3.05) is 45.9 Å². The molecule has 118 valence electrons. The second kappa shape index (κ2) is 7.85. The number of β-amino-alcohol motifs (C(OH)–C–C–N with tert-alkyl or cyclic N) is 1. The number of halogens is 2. The normalized spacial score (nSPS) is 17.8. The van der Waals surface area contributed by atoms with Crippen molar-refractivity contribution in [2.45, 2.75) is 32.3 Å². The molecule has 0 aromatic rings. The van der Waals surface area contributed by atoms with Crippen molar-refractivity contribution in [3.05, 3.63) is 0 Å². The van der Waals surface area contributed by atoms with Crippen LogP contribution in [0.2, 0.25) is 0 Å². The Labute approximate surface area is 118 Å². The van der Waals surface area contributed by atoms with Gasteiger partial charge in [-0.05, 0) is 13.8 Å². The summed E-state index contributed by atoms with van der Waals surface area (Å²) >= 11 is 0. The van der Waals surface area contributed by atoms with Gasteiger partial charge in [-0.15, -0.1) is 0 Å². The van der Waals surface area contributed by atoms with Crippen LogP contribution < -0.4 is 0 Å². The number of nitrogens with zero attached hydrogens (tertiary/aromatic N) is 2. The molecular formula is C13H24F2N2O3. The van der Waals surface area contributed by atoms with Crippen LogP contribution in [0.3, 0.4) is 0 Å². The topological polar surface area (TPSA) is 53.0 Å². The van der Waals surface area contributed by atoms with Gasteiger partial charge < -0.3 is 14.7 Å². The van der Waals surface area contributed by atoms with E-state index >= 15 is 0 Å². The Bertz CT molecular complexity index is 300. The van der Waals surface area contributed by atoms with E-state index in [2.05, 4.69) is 4.90 Å². The third-order valence-electron chi connectivity index (χ3n) is 3.04. The fraction of sp³-hybridized carbons (Fsp3) is 0.923. The Morgan fingerprint density at radius 2 is 1.90 bits per heavy atom. The zero-order valence-electron chi connectivity index (χ0n) is 12.1. The molecule has 0 aromatic heterocycles. The molecule has 1 N–H and O–H groups in total. The van der Waals surface area contributed by atoms with Crippen molar-refractivity contribution in [1.29, 1.82) is 0 Å². The first-order chi connectivity index (χ1) is 9.28. The number of ether oxygens (including phenoxy) is 1. The van der Waals surface area contributed by atoms with E-state index < -0.39 is 18.6 Å². The Balaban J connectivity index is 2.19. The predicted octanol–water partition coefficient (Wildman–Crippen LogP) is 0.573. The number of rotatable bonds is 7. The van der Waals surface area contributed by atoms with Crippen LogP contribution in [-0.2, 0) is 9.53 Å². The summed E-state index contributed by atoms with van der Waals surface area (Å²) in [5, 5.41) is 9.73. The van der Waals surface area contributed by atoms with E-state index in [1.165, 1.54) is 0 Å². The van der Waals surface area contributed by atoms with Crippen molar-refractivity contribution in [3.63, 3.8) is 0 Å². The minimum absolute atomic E-state index is 0.0348. The van der Waals surface area contributed by atoms with Gasteiger partial charge in [0.25, 0.3) is 6.43 Å². The van der Waals surface area contributed by atoms with Crippen LogP contribution in [0.5, 0.6) is 0 Å². The minimum atomic E-state index is -2.49. The van der Waals surface area contributed by atoms with E-state index in [0.717, 1.165) is 0 Å². The first-order valence-corrected chi connectivity index (χ1v) is 6.86. The van der Waals surface area contributed by atoms with Crippen molar-refractivity contribution >= 4 is 5.91 Å². The Kier molecular flexibility index (Phi) is 6.78. The summed E-state index contributed by atoms with van der Waals surface area (Å²) in [6.07, 6.45) is -2.35. The van der Waals surface area contributed by atoms with Gasteiger partial charge in [-0.25, -0.2) is 8.78 Å². The minimum Gasteiger partial charge on any atom is -0.389 e. The highest BCUT2D eigenvalue weighted by molar-refractivity contribution is 5.76. The molecule has 1 aliphatic rings. The molecule has 0 unspecified atom stereocenters. The lowest BCUT2D eigenvalue weighted by Gasteiger charge is -2.37. The summed E-state index contributed by atoms with van der Waals surface area (Å²) in [5.41, 5.74) is -0.741. The average Bonchev–Trinajstić information content (AvgIpc) is 2.33. The molecule has 0 spiro atoms. The largest absolute Gasteiger partial charge is 0.389 e. The lowest BCUT2D eigenvalue weighted by molar-refractivity contribution is -0.134. The fourth-order valence-corrected chi connectivity index (χ4v) is 2.19. The Morgan fingerprint density at radius 3 is 2.40 bits per heavy atom. The first kappa shape index (κ1) is 17.3. The molecule has 1 heterocycles. The van der Waals surface area contributed by atoms with Crippen molar-refractivity contribution in [2.24, 2.45) is 0 Å². The first-order valence-electron chi connectivity index (χ1n) is 6.86. The van der Waals surface area contributed by atoms with Crippen LogP contribution in [0.25, 0.3) is 0 Å². The molecule has 20 heavy (non-hydrogen) atoms. The van der Waals surface area contributed by atoms with Gasteiger partial charge in [0.1, 0.15) is 6.61 Å². The number of hydrogen-bond acceptors (Lipinski definition) is 4. The van der Waals surface area contributed by atoms with Crippen LogP contribution in [0.4, 0.5) is 8.78 Å². The van der Waals surface area contributed by atoms with E-state index in [-0.39, 0.29) is 18.9 Å². The van der Waals surface area contributed by atoms with Gasteiger partial charge in [0, 0.05) is 32.7 Å². The number of aliphatic hydroxyl groups is 1. The second-order valence-corrected chi connectivity index (χ2v) is 5.69. The molecule has 1 aliphatic heterocycles. The van der Waals surface area contributed by atoms with E-state index in [9.17, 15) is 18.7 Å². The molecule has 0 saturated carbocycles. The van der Waals surface area contributed by atoms with E-state index in [1.54, 1.807) is 18.7 Å². The summed E-state index contributed by atoms with van der Waals surface area (Å²) in [7, 11) is 0. The van der Waals surface area contributed by atoms with Crippen molar-refractivity contribution in [1.82, 2.24) is 9.80 Å². The monoisotopic (exact) mass is 294 g/mol. The smallest absolute Gasteiger partial charge is 0.261 e. The number of amides is 1. The molecule has 0 aromatic carbocycles. The molecular weight excluding hydrogens is 270 g/mol. The molecule has 7 heteroatoms. The van der Waals surface area contributed by atoms with Crippen molar-refractivity contribution < 1.29 is 23.4 Å². The summed E-state index contributed by atoms with van der Waals surface area (Å²) < 4.78 is 28.4. The van der Waals surface area contributed by atoms with E-state index in [0.29, 0.717) is 32.7 Å². The average molecular weight is 294 g/mol.